The number of benzene rings is 5. The lowest BCUT2D eigenvalue weighted by Gasteiger charge is -2.16. The van der Waals surface area contributed by atoms with Crippen molar-refractivity contribution < 1.29 is 0 Å². The normalized spacial score (nSPS) is 11.6. The summed E-state index contributed by atoms with van der Waals surface area (Å²) in [5, 5.41) is 8.03. The maximum Gasteiger partial charge on any atom is 0.169 e. The summed E-state index contributed by atoms with van der Waals surface area (Å²) < 4.78 is 4.57. The summed E-state index contributed by atoms with van der Waals surface area (Å²) in [7, 11) is 0. The Hall–Kier alpha value is -5.62. The van der Waals surface area contributed by atoms with E-state index >= 15 is 0 Å². The smallest absolute Gasteiger partial charge is 0.169 e. The van der Waals surface area contributed by atoms with Crippen LogP contribution in [0.4, 0.5) is 11.6 Å². The van der Waals surface area contributed by atoms with Crippen molar-refractivity contribution in [2.45, 2.75) is 6.92 Å². The summed E-state index contributed by atoms with van der Waals surface area (Å²) in [6, 6.07) is 42.5. The van der Waals surface area contributed by atoms with Crippen molar-refractivity contribution in [1.82, 2.24) is 19.1 Å². The van der Waals surface area contributed by atoms with Crippen molar-refractivity contribution >= 4 is 55.2 Å². The van der Waals surface area contributed by atoms with Gasteiger partial charge >= 0.3 is 0 Å². The molecule has 3 N–H and O–H groups in total. The number of nitrogens with one attached hydrogen (secondary N) is 1. The summed E-state index contributed by atoms with van der Waals surface area (Å²) in [6.45, 7) is 2.73. The Balaban J connectivity index is 1.54. The van der Waals surface area contributed by atoms with E-state index in [1.54, 1.807) is 0 Å². The minimum Gasteiger partial charge on any atom is -0.381 e. The third-order valence-corrected chi connectivity index (χ3v) is 7.99. The van der Waals surface area contributed by atoms with Gasteiger partial charge in [0.05, 0.1) is 22.1 Å². The van der Waals surface area contributed by atoms with E-state index in [0.29, 0.717) is 24.0 Å². The number of anilines is 2. The van der Waals surface area contributed by atoms with Gasteiger partial charge in [-0.2, -0.15) is 0 Å². The number of nitrogens with two attached hydrogens (primary N) is 1. The van der Waals surface area contributed by atoms with Gasteiger partial charge < -0.3 is 15.6 Å². The Labute approximate surface area is 242 Å². The van der Waals surface area contributed by atoms with E-state index in [1.807, 2.05) is 25.1 Å². The van der Waals surface area contributed by atoms with E-state index in [1.165, 1.54) is 16.3 Å². The topological polar surface area (TPSA) is 73.7 Å². The Morgan fingerprint density at radius 3 is 1.83 bits per heavy atom. The molecule has 0 aliphatic carbocycles. The molecular formula is C36H28N6. The second-order valence-electron chi connectivity index (χ2n) is 10.5. The fourth-order valence-corrected chi connectivity index (χ4v) is 6.20. The molecule has 0 radical (unpaired) electrons. The summed E-state index contributed by atoms with van der Waals surface area (Å²) in [4.78, 5) is 10.1. The third-order valence-electron chi connectivity index (χ3n) is 7.99. The highest BCUT2D eigenvalue weighted by molar-refractivity contribution is 6.19. The maximum absolute atomic E-state index is 6.54. The Kier molecular flexibility index (Phi) is 5.47. The maximum atomic E-state index is 6.54. The van der Waals surface area contributed by atoms with Crippen LogP contribution in [0, 0.1) is 0 Å². The van der Waals surface area contributed by atoms with E-state index in [0.717, 1.165) is 44.3 Å². The highest BCUT2D eigenvalue weighted by Crippen LogP contribution is 2.41. The van der Waals surface area contributed by atoms with Crippen LogP contribution in [0.3, 0.4) is 0 Å². The van der Waals surface area contributed by atoms with Gasteiger partial charge in [0.25, 0.3) is 0 Å². The standard InChI is InChI=1S/C36H28N6/c1-2-38-35-34(37)40-36(33(39-35)23-13-5-3-6-14-23)42-30-20-12-10-18-26(30)28-21-27-25-17-9-11-19-29(25)41(31(27)22-32(28)42)24-15-7-4-8-16-24/h3-22H,2H2,1H3,(H2,37,40)(H,38,39). The van der Waals surface area contributed by atoms with Crippen LogP contribution in [0.25, 0.3) is 66.4 Å². The van der Waals surface area contributed by atoms with Crippen molar-refractivity contribution in [3.63, 3.8) is 0 Å². The SMILES string of the molecule is CCNc1nc(-c2ccccc2)c(-n2c3ccccc3c3cc4c5ccccc5n(-c5ccccc5)c4cc32)nc1N. The summed E-state index contributed by atoms with van der Waals surface area (Å²) >= 11 is 0. The second-order valence-corrected chi connectivity index (χ2v) is 10.5. The molecule has 202 valence electrons. The molecule has 0 spiro atoms. The van der Waals surface area contributed by atoms with Gasteiger partial charge in [0.15, 0.2) is 17.5 Å². The van der Waals surface area contributed by atoms with E-state index in [4.69, 9.17) is 15.7 Å². The first-order valence-electron chi connectivity index (χ1n) is 14.2. The number of rotatable bonds is 5. The highest BCUT2D eigenvalue weighted by atomic mass is 15.2. The van der Waals surface area contributed by atoms with Gasteiger partial charge in [-0.05, 0) is 43.3 Å². The van der Waals surface area contributed by atoms with Gasteiger partial charge in [-0.15, -0.1) is 0 Å². The fourth-order valence-electron chi connectivity index (χ4n) is 6.20. The molecule has 6 nitrogen and oxygen atoms in total. The zero-order chi connectivity index (χ0) is 28.2. The average molecular weight is 545 g/mol. The number of nitrogens with zero attached hydrogens (tertiary/aromatic N) is 4. The van der Waals surface area contributed by atoms with Gasteiger partial charge in [0.2, 0.25) is 0 Å². The third kappa shape index (κ3) is 3.58. The zero-order valence-corrected chi connectivity index (χ0v) is 23.1. The summed E-state index contributed by atoms with van der Waals surface area (Å²) in [6.07, 6.45) is 0. The van der Waals surface area contributed by atoms with Crippen LogP contribution in [-0.2, 0) is 0 Å². The van der Waals surface area contributed by atoms with Gasteiger partial charge in [0, 0.05) is 39.3 Å². The molecule has 5 aromatic carbocycles. The van der Waals surface area contributed by atoms with E-state index in [9.17, 15) is 0 Å². The Morgan fingerprint density at radius 1 is 0.595 bits per heavy atom. The number of para-hydroxylation sites is 3. The average Bonchev–Trinajstić information content (AvgIpc) is 3.54. The van der Waals surface area contributed by atoms with Gasteiger partial charge in [0.1, 0.15) is 5.69 Å². The first-order chi connectivity index (χ1) is 20.7. The fraction of sp³-hybridized carbons (Fsp3) is 0.0556. The number of hydrogen-bond acceptors (Lipinski definition) is 4. The van der Waals surface area contributed by atoms with Crippen LogP contribution in [-0.4, -0.2) is 25.6 Å². The van der Waals surface area contributed by atoms with Crippen LogP contribution in [0.1, 0.15) is 6.92 Å². The lowest BCUT2D eigenvalue weighted by Crippen LogP contribution is -2.11. The molecule has 0 saturated carbocycles. The van der Waals surface area contributed by atoms with Crippen LogP contribution in [0.2, 0.25) is 0 Å². The van der Waals surface area contributed by atoms with Crippen LogP contribution < -0.4 is 11.1 Å². The molecule has 42 heavy (non-hydrogen) atoms. The molecule has 8 aromatic rings. The minimum absolute atomic E-state index is 0.372. The first-order valence-corrected chi connectivity index (χ1v) is 14.2. The largest absolute Gasteiger partial charge is 0.381 e. The second kappa shape index (κ2) is 9.49. The van der Waals surface area contributed by atoms with E-state index < -0.39 is 0 Å². The molecule has 0 amide bonds. The van der Waals surface area contributed by atoms with E-state index in [2.05, 4.69) is 118 Å². The summed E-state index contributed by atoms with van der Waals surface area (Å²) in [5.41, 5.74) is 13.8. The number of hydrogen-bond donors (Lipinski definition) is 2. The zero-order valence-electron chi connectivity index (χ0n) is 23.1. The molecular weight excluding hydrogens is 516 g/mol. The van der Waals surface area contributed by atoms with Crippen molar-refractivity contribution in [2.24, 2.45) is 0 Å². The van der Waals surface area contributed by atoms with Crippen molar-refractivity contribution in [3.8, 4) is 22.8 Å². The van der Waals surface area contributed by atoms with Crippen LogP contribution >= 0.6 is 0 Å². The monoisotopic (exact) mass is 544 g/mol. The number of fused-ring (bicyclic) bond motifs is 6. The quantitative estimate of drug-likeness (QED) is 0.228. The number of aromatic nitrogens is 4. The van der Waals surface area contributed by atoms with Gasteiger partial charge in [-0.25, -0.2) is 9.97 Å². The predicted molar refractivity (Wildman–Crippen MR) is 175 cm³/mol. The van der Waals surface area contributed by atoms with Crippen LogP contribution in [0.15, 0.2) is 121 Å². The molecule has 0 unspecified atom stereocenters. The van der Waals surface area contributed by atoms with Gasteiger partial charge in [-0.1, -0.05) is 84.9 Å². The molecule has 0 aliphatic rings. The van der Waals surface area contributed by atoms with Crippen molar-refractivity contribution in [3.05, 3.63) is 121 Å². The summed E-state index contributed by atoms with van der Waals surface area (Å²) in [5.74, 6) is 1.66. The molecule has 8 rings (SSSR count). The Bertz CT molecular complexity index is 2260. The van der Waals surface area contributed by atoms with Crippen molar-refractivity contribution in [2.75, 3.05) is 17.6 Å². The predicted octanol–water partition coefficient (Wildman–Crippen LogP) is 8.35. The molecule has 6 heteroatoms. The van der Waals surface area contributed by atoms with Crippen molar-refractivity contribution in [1.29, 1.82) is 0 Å². The highest BCUT2D eigenvalue weighted by Gasteiger charge is 2.22. The first kappa shape index (κ1) is 24.2. The Morgan fingerprint density at radius 2 is 1.17 bits per heavy atom. The molecule has 0 aliphatic heterocycles. The number of nitrogen functional groups attached to an aromatic ring is 1. The van der Waals surface area contributed by atoms with Gasteiger partial charge in [-0.3, -0.25) is 4.57 Å². The molecule has 0 saturated heterocycles. The van der Waals surface area contributed by atoms with E-state index in [-0.39, 0.29) is 0 Å². The van der Waals surface area contributed by atoms with Crippen LogP contribution in [0.5, 0.6) is 0 Å². The molecule has 0 bridgehead atoms. The lowest BCUT2D eigenvalue weighted by molar-refractivity contribution is 1.04. The molecule has 0 atom stereocenters. The minimum atomic E-state index is 0.372. The molecule has 3 aromatic heterocycles. The molecule has 0 fully saturated rings. The molecule has 3 heterocycles. The lowest BCUT2D eigenvalue weighted by atomic mass is 10.1.